The first-order chi connectivity index (χ1) is 9.67. The Balaban J connectivity index is 2.40. The molecule has 2 rings (SSSR count). The molecule has 2 N–H and O–H groups in total. The van der Waals surface area contributed by atoms with Crippen molar-refractivity contribution in [3.8, 4) is 10.4 Å². The highest BCUT2D eigenvalue weighted by Crippen LogP contribution is 2.36. The van der Waals surface area contributed by atoms with E-state index in [1.165, 1.54) is 5.56 Å². The highest BCUT2D eigenvalue weighted by molar-refractivity contribution is 7.15. The Bertz CT molecular complexity index is 537. The SMILES string of the molecule is CCOC(c1nc(CN)c(-c2ccccc2)s1)C(C)C. The van der Waals surface area contributed by atoms with Crippen molar-refractivity contribution in [2.75, 3.05) is 6.61 Å². The van der Waals surface area contributed by atoms with Crippen LogP contribution < -0.4 is 5.73 Å². The van der Waals surface area contributed by atoms with Crippen LogP contribution in [-0.4, -0.2) is 11.6 Å². The second kappa shape index (κ2) is 6.97. The van der Waals surface area contributed by atoms with E-state index in [0.29, 0.717) is 19.1 Å². The number of hydrogen-bond acceptors (Lipinski definition) is 4. The van der Waals surface area contributed by atoms with E-state index < -0.39 is 0 Å². The third-order valence-corrected chi connectivity index (χ3v) is 4.35. The molecule has 1 aromatic heterocycles. The number of thiazole rings is 1. The standard InChI is InChI=1S/C16H22N2OS/c1-4-19-14(11(2)3)16-18-13(10-17)15(20-16)12-8-6-5-7-9-12/h5-9,11,14H,4,10,17H2,1-3H3. The van der Waals surface area contributed by atoms with Gasteiger partial charge >= 0.3 is 0 Å². The van der Waals surface area contributed by atoms with Crippen LogP contribution in [0.1, 0.15) is 37.6 Å². The van der Waals surface area contributed by atoms with Gasteiger partial charge in [0.1, 0.15) is 11.1 Å². The highest BCUT2D eigenvalue weighted by atomic mass is 32.1. The molecular formula is C16H22N2OS. The lowest BCUT2D eigenvalue weighted by molar-refractivity contribution is 0.0292. The third-order valence-electron chi connectivity index (χ3n) is 3.14. The fourth-order valence-electron chi connectivity index (χ4n) is 2.17. The number of hydrogen-bond donors (Lipinski definition) is 1. The molecule has 1 atom stereocenters. The Hall–Kier alpha value is -1.23. The summed E-state index contributed by atoms with van der Waals surface area (Å²) in [4.78, 5) is 5.87. The van der Waals surface area contributed by atoms with E-state index in [-0.39, 0.29) is 6.10 Å². The first-order valence-corrected chi connectivity index (χ1v) is 7.85. The average molecular weight is 290 g/mol. The van der Waals surface area contributed by atoms with Crippen molar-refractivity contribution in [3.63, 3.8) is 0 Å². The van der Waals surface area contributed by atoms with E-state index in [2.05, 4.69) is 26.0 Å². The van der Waals surface area contributed by atoms with Gasteiger partial charge in [0.05, 0.1) is 10.6 Å². The van der Waals surface area contributed by atoms with Gasteiger partial charge in [0.15, 0.2) is 0 Å². The summed E-state index contributed by atoms with van der Waals surface area (Å²) < 4.78 is 5.85. The molecule has 2 aromatic rings. The van der Waals surface area contributed by atoms with Crippen molar-refractivity contribution in [3.05, 3.63) is 41.0 Å². The molecule has 0 amide bonds. The van der Waals surface area contributed by atoms with E-state index in [9.17, 15) is 0 Å². The Kier molecular flexibility index (Phi) is 5.29. The monoisotopic (exact) mass is 290 g/mol. The average Bonchev–Trinajstić information content (AvgIpc) is 2.89. The van der Waals surface area contributed by atoms with Crippen LogP contribution in [0.5, 0.6) is 0 Å². The normalized spacial score (nSPS) is 12.8. The van der Waals surface area contributed by atoms with Gasteiger partial charge in [-0.05, 0) is 18.4 Å². The molecule has 0 saturated carbocycles. The van der Waals surface area contributed by atoms with Crippen LogP contribution in [0.2, 0.25) is 0 Å². The number of ether oxygens (including phenoxy) is 1. The van der Waals surface area contributed by atoms with E-state index in [1.54, 1.807) is 11.3 Å². The Morgan fingerprint density at radius 3 is 2.50 bits per heavy atom. The van der Waals surface area contributed by atoms with Crippen molar-refractivity contribution >= 4 is 11.3 Å². The van der Waals surface area contributed by atoms with Crippen LogP contribution in [0.25, 0.3) is 10.4 Å². The molecule has 1 unspecified atom stereocenters. The molecule has 20 heavy (non-hydrogen) atoms. The Labute approximate surface area is 124 Å². The summed E-state index contributed by atoms with van der Waals surface area (Å²) in [5.74, 6) is 0.398. The molecule has 0 bridgehead atoms. The minimum atomic E-state index is 0.0489. The second-order valence-electron chi connectivity index (χ2n) is 5.02. The molecule has 0 aliphatic rings. The molecule has 108 valence electrons. The number of benzene rings is 1. The fourth-order valence-corrected chi connectivity index (χ4v) is 3.50. The zero-order valence-corrected chi connectivity index (χ0v) is 13.1. The third kappa shape index (κ3) is 3.26. The predicted octanol–water partition coefficient (Wildman–Crippen LogP) is 4.00. The minimum Gasteiger partial charge on any atom is -0.371 e. The van der Waals surface area contributed by atoms with Gasteiger partial charge in [-0.2, -0.15) is 0 Å². The van der Waals surface area contributed by atoms with E-state index in [4.69, 9.17) is 15.5 Å². The predicted molar refractivity (Wildman–Crippen MR) is 84.6 cm³/mol. The van der Waals surface area contributed by atoms with Crippen molar-refractivity contribution in [2.24, 2.45) is 11.7 Å². The molecule has 0 radical (unpaired) electrons. The van der Waals surface area contributed by atoms with Crippen LogP contribution in [0.4, 0.5) is 0 Å². The number of rotatable bonds is 6. The van der Waals surface area contributed by atoms with Gasteiger partial charge in [-0.15, -0.1) is 11.3 Å². The maximum atomic E-state index is 5.85. The Morgan fingerprint density at radius 1 is 1.25 bits per heavy atom. The van der Waals surface area contributed by atoms with Crippen LogP contribution in [0.3, 0.4) is 0 Å². The van der Waals surface area contributed by atoms with E-state index in [1.807, 2.05) is 25.1 Å². The molecule has 3 nitrogen and oxygen atoms in total. The summed E-state index contributed by atoms with van der Waals surface area (Å²) >= 11 is 1.70. The molecule has 0 aliphatic heterocycles. The molecule has 0 saturated heterocycles. The van der Waals surface area contributed by atoms with Crippen molar-refractivity contribution < 1.29 is 4.74 Å². The van der Waals surface area contributed by atoms with Gasteiger partial charge in [0, 0.05) is 13.2 Å². The van der Waals surface area contributed by atoms with Crippen molar-refractivity contribution in [2.45, 2.75) is 33.4 Å². The molecule has 0 fully saturated rings. The largest absolute Gasteiger partial charge is 0.371 e. The maximum absolute atomic E-state index is 5.85. The summed E-state index contributed by atoms with van der Waals surface area (Å²) in [6, 6.07) is 10.3. The van der Waals surface area contributed by atoms with Gasteiger partial charge in [-0.25, -0.2) is 4.98 Å². The van der Waals surface area contributed by atoms with Gasteiger partial charge < -0.3 is 10.5 Å². The summed E-state index contributed by atoms with van der Waals surface area (Å²) in [5.41, 5.74) is 7.99. The quantitative estimate of drug-likeness (QED) is 0.874. The second-order valence-corrected chi connectivity index (χ2v) is 6.05. The molecule has 1 heterocycles. The van der Waals surface area contributed by atoms with Gasteiger partial charge in [0.25, 0.3) is 0 Å². The lowest BCUT2D eigenvalue weighted by atomic mass is 10.1. The molecule has 0 aliphatic carbocycles. The van der Waals surface area contributed by atoms with Crippen LogP contribution in [0, 0.1) is 5.92 Å². The summed E-state index contributed by atoms with van der Waals surface area (Å²) in [7, 11) is 0. The lowest BCUT2D eigenvalue weighted by Gasteiger charge is -2.18. The topological polar surface area (TPSA) is 48.1 Å². The van der Waals surface area contributed by atoms with Gasteiger partial charge in [-0.1, -0.05) is 44.2 Å². The van der Waals surface area contributed by atoms with Gasteiger partial charge in [0.2, 0.25) is 0 Å². The zero-order chi connectivity index (χ0) is 14.5. The van der Waals surface area contributed by atoms with Crippen molar-refractivity contribution in [1.82, 2.24) is 4.98 Å². The highest BCUT2D eigenvalue weighted by Gasteiger charge is 2.22. The molecule has 4 heteroatoms. The lowest BCUT2D eigenvalue weighted by Crippen LogP contribution is -2.11. The molecule has 1 aromatic carbocycles. The first kappa shape index (κ1) is 15.2. The molecule has 0 spiro atoms. The number of aromatic nitrogens is 1. The Morgan fingerprint density at radius 2 is 1.95 bits per heavy atom. The molecular weight excluding hydrogens is 268 g/mol. The van der Waals surface area contributed by atoms with Crippen LogP contribution in [0.15, 0.2) is 30.3 Å². The number of nitrogens with zero attached hydrogens (tertiary/aromatic N) is 1. The van der Waals surface area contributed by atoms with E-state index >= 15 is 0 Å². The minimum absolute atomic E-state index is 0.0489. The summed E-state index contributed by atoms with van der Waals surface area (Å²) in [6.45, 7) is 7.49. The maximum Gasteiger partial charge on any atom is 0.123 e. The fraction of sp³-hybridized carbons (Fsp3) is 0.438. The smallest absolute Gasteiger partial charge is 0.123 e. The first-order valence-electron chi connectivity index (χ1n) is 7.04. The van der Waals surface area contributed by atoms with Gasteiger partial charge in [-0.3, -0.25) is 0 Å². The zero-order valence-electron chi connectivity index (χ0n) is 12.3. The summed E-state index contributed by atoms with van der Waals surface area (Å²) in [6.07, 6.45) is 0.0489. The van der Waals surface area contributed by atoms with Crippen LogP contribution in [-0.2, 0) is 11.3 Å². The van der Waals surface area contributed by atoms with Crippen LogP contribution >= 0.6 is 11.3 Å². The summed E-state index contributed by atoms with van der Waals surface area (Å²) in [5, 5.41) is 1.03. The number of nitrogens with two attached hydrogens (primary N) is 1. The van der Waals surface area contributed by atoms with E-state index in [0.717, 1.165) is 15.6 Å². The van der Waals surface area contributed by atoms with Crippen molar-refractivity contribution in [1.29, 1.82) is 0 Å².